The summed E-state index contributed by atoms with van der Waals surface area (Å²) in [4.78, 5) is 21.3. The molecule has 15 heavy (non-hydrogen) atoms. The van der Waals surface area contributed by atoms with Crippen LogP contribution in [0.15, 0.2) is 11.1 Å². The summed E-state index contributed by atoms with van der Waals surface area (Å²) in [5, 5.41) is 10.3. The molecular weight excluding hydrogens is 217 g/mol. The summed E-state index contributed by atoms with van der Waals surface area (Å²) in [5.74, 6) is -5.12. The number of isocyanates is 1. The fourth-order valence-electron chi connectivity index (χ4n) is 0.892. The predicted molar refractivity (Wildman–Crippen MR) is 40.8 cm³/mol. The molecule has 0 saturated carbocycles. The van der Waals surface area contributed by atoms with Crippen LogP contribution in [0.3, 0.4) is 0 Å². The summed E-state index contributed by atoms with van der Waals surface area (Å²) in [5.41, 5.74) is -2.72. The molecule has 0 atom stereocenters. The lowest BCUT2D eigenvalue weighted by Gasteiger charge is -1.99. The normalized spacial score (nSPS) is 9.53. The summed E-state index contributed by atoms with van der Waals surface area (Å²) in [6.07, 6.45) is 0.808. The van der Waals surface area contributed by atoms with Gasteiger partial charge in [0.15, 0.2) is 17.3 Å². The third-order valence-corrected chi connectivity index (χ3v) is 1.46. The molecule has 0 aliphatic rings. The molecule has 8 heteroatoms. The first-order valence-corrected chi connectivity index (χ1v) is 3.38. The SMILES string of the molecule is O=C=Nc1c(F)cc(F)c(F)c1[N+](=O)[O-]. The van der Waals surface area contributed by atoms with Gasteiger partial charge in [-0.25, -0.2) is 13.6 Å². The van der Waals surface area contributed by atoms with Crippen LogP contribution in [0.1, 0.15) is 0 Å². The molecule has 1 aromatic carbocycles. The van der Waals surface area contributed by atoms with Gasteiger partial charge >= 0.3 is 5.69 Å². The van der Waals surface area contributed by atoms with E-state index in [1.165, 1.54) is 0 Å². The zero-order valence-electron chi connectivity index (χ0n) is 6.83. The van der Waals surface area contributed by atoms with Crippen molar-refractivity contribution in [3.8, 4) is 0 Å². The number of benzene rings is 1. The highest BCUT2D eigenvalue weighted by Gasteiger charge is 2.28. The number of nitrogens with zero attached hydrogens (tertiary/aromatic N) is 2. The molecule has 0 bridgehead atoms. The summed E-state index contributed by atoms with van der Waals surface area (Å²) < 4.78 is 38.3. The maximum atomic E-state index is 12.9. The van der Waals surface area contributed by atoms with Crippen molar-refractivity contribution in [2.75, 3.05) is 0 Å². The number of aliphatic imine (C=N–C) groups is 1. The van der Waals surface area contributed by atoms with Gasteiger partial charge in [0, 0.05) is 6.07 Å². The Labute approximate surface area is 80.0 Å². The van der Waals surface area contributed by atoms with E-state index >= 15 is 0 Å². The smallest absolute Gasteiger partial charge is 0.258 e. The molecular formula is C7HF3N2O3. The molecule has 0 aliphatic carbocycles. The maximum Gasteiger partial charge on any atom is 0.337 e. The number of hydrogen-bond acceptors (Lipinski definition) is 4. The van der Waals surface area contributed by atoms with E-state index in [0.717, 1.165) is 6.08 Å². The van der Waals surface area contributed by atoms with Gasteiger partial charge in [0.05, 0.1) is 4.92 Å². The maximum absolute atomic E-state index is 12.9. The summed E-state index contributed by atoms with van der Waals surface area (Å²) in [6.45, 7) is 0. The molecule has 78 valence electrons. The molecule has 0 fully saturated rings. The minimum Gasteiger partial charge on any atom is -0.258 e. The number of rotatable bonds is 2. The second kappa shape index (κ2) is 3.89. The highest BCUT2D eigenvalue weighted by atomic mass is 19.2. The second-order valence-electron chi connectivity index (χ2n) is 2.31. The average Bonchev–Trinajstić information content (AvgIpc) is 2.14. The number of nitro groups is 1. The minimum atomic E-state index is -1.88. The standard InChI is InChI=1S/C7HF3N2O3/c8-3-1-4(9)6(11-2-13)7(5(3)10)12(14)15/h1H. The highest BCUT2D eigenvalue weighted by molar-refractivity contribution is 5.63. The first-order chi connectivity index (χ1) is 6.99. The lowest BCUT2D eigenvalue weighted by molar-refractivity contribution is -0.387. The van der Waals surface area contributed by atoms with Crippen LogP contribution in [0, 0.1) is 27.6 Å². The van der Waals surface area contributed by atoms with Gasteiger partial charge in [0.2, 0.25) is 11.9 Å². The van der Waals surface area contributed by atoms with Gasteiger partial charge in [0.1, 0.15) is 0 Å². The van der Waals surface area contributed by atoms with Crippen LogP contribution in [0.4, 0.5) is 24.5 Å². The van der Waals surface area contributed by atoms with Gasteiger partial charge in [-0.1, -0.05) is 0 Å². The Morgan fingerprint density at radius 2 is 1.93 bits per heavy atom. The van der Waals surface area contributed by atoms with Gasteiger partial charge in [-0.15, -0.1) is 0 Å². The molecule has 0 aromatic heterocycles. The zero-order chi connectivity index (χ0) is 11.6. The zero-order valence-corrected chi connectivity index (χ0v) is 6.83. The van der Waals surface area contributed by atoms with Crippen LogP contribution < -0.4 is 0 Å². The summed E-state index contributed by atoms with van der Waals surface area (Å²) >= 11 is 0. The van der Waals surface area contributed by atoms with Crippen molar-refractivity contribution in [2.45, 2.75) is 0 Å². The fraction of sp³-hybridized carbons (Fsp3) is 0. The van der Waals surface area contributed by atoms with E-state index in [0.29, 0.717) is 0 Å². The molecule has 5 nitrogen and oxygen atoms in total. The quantitative estimate of drug-likeness (QED) is 0.250. The molecule has 0 amide bonds. The fourth-order valence-corrected chi connectivity index (χ4v) is 0.892. The van der Waals surface area contributed by atoms with Gasteiger partial charge < -0.3 is 0 Å². The first kappa shape index (κ1) is 10.9. The van der Waals surface area contributed by atoms with E-state index in [-0.39, 0.29) is 6.07 Å². The van der Waals surface area contributed by atoms with Crippen molar-refractivity contribution in [3.63, 3.8) is 0 Å². The largest absolute Gasteiger partial charge is 0.337 e. The van der Waals surface area contributed by atoms with Crippen molar-refractivity contribution in [1.82, 2.24) is 0 Å². The Bertz CT molecular complexity index is 483. The van der Waals surface area contributed by atoms with E-state index in [9.17, 15) is 28.1 Å². The van der Waals surface area contributed by atoms with Gasteiger partial charge in [-0.2, -0.15) is 9.38 Å². The van der Waals surface area contributed by atoms with Gasteiger partial charge in [-0.3, -0.25) is 10.1 Å². The van der Waals surface area contributed by atoms with Crippen molar-refractivity contribution in [1.29, 1.82) is 0 Å². The Morgan fingerprint density at radius 1 is 1.33 bits per heavy atom. The average molecular weight is 218 g/mol. The molecule has 1 rings (SSSR count). The number of hydrogen-bond donors (Lipinski definition) is 0. The topological polar surface area (TPSA) is 72.6 Å². The van der Waals surface area contributed by atoms with Crippen LogP contribution >= 0.6 is 0 Å². The van der Waals surface area contributed by atoms with Crippen LogP contribution in [0.25, 0.3) is 0 Å². The van der Waals surface area contributed by atoms with Crippen molar-refractivity contribution in [2.24, 2.45) is 4.99 Å². The van der Waals surface area contributed by atoms with Crippen LogP contribution in [0.2, 0.25) is 0 Å². The molecule has 1 aromatic rings. The summed E-state index contributed by atoms with van der Waals surface area (Å²) in [6, 6.07) is 0.0541. The third kappa shape index (κ3) is 1.84. The van der Waals surface area contributed by atoms with Crippen molar-refractivity contribution < 1.29 is 22.9 Å². The van der Waals surface area contributed by atoms with E-state index in [2.05, 4.69) is 4.99 Å². The van der Waals surface area contributed by atoms with E-state index in [1.807, 2.05) is 0 Å². The van der Waals surface area contributed by atoms with E-state index in [4.69, 9.17) is 0 Å². The van der Waals surface area contributed by atoms with Crippen LogP contribution in [0.5, 0.6) is 0 Å². The predicted octanol–water partition coefficient (Wildman–Crippen LogP) is 1.98. The first-order valence-electron chi connectivity index (χ1n) is 3.38. The number of nitro benzene ring substituents is 1. The van der Waals surface area contributed by atoms with Crippen LogP contribution in [-0.2, 0) is 4.79 Å². The molecule has 0 heterocycles. The van der Waals surface area contributed by atoms with Gasteiger partial charge in [0.25, 0.3) is 0 Å². The summed E-state index contributed by atoms with van der Waals surface area (Å²) in [7, 11) is 0. The molecule has 0 radical (unpaired) electrons. The van der Waals surface area contributed by atoms with Crippen molar-refractivity contribution in [3.05, 3.63) is 33.6 Å². The lowest BCUT2D eigenvalue weighted by atomic mass is 10.2. The molecule has 0 unspecified atom stereocenters. The Kier molecular flexibility index (Phi) is 2.82. The van der Waals surface area contributed by atoms with E-state index in [1.54, 1.807) is 0 Å². The van der Waals surface area contributed by atoms with Crippen molar-refractivity contribution >= 4 is 17.5 Å². The van der Waals surface area contributed by atoms with Crippen LogP contribution in [-0.4, -0.2) is 11.0 Å². The second-order valence-corrected chi connectivity index (χ2v) is 2.31. The monoisotopic (exact) mass is 218 g/mol. The highest BCUT2D eigenvalue weighted by Crippen LogP contribution is 2.34. The third-order valence-electron chi connectivity index (χ3n) is 1.46. The lowest BCUT2D eigenvalue weighted by Crippen LogP contribution is -1.98. The Balaban J connectivity index is 3.68. The number of carbonyl (C=O) groups excluding carboxylic acids is 1. The molecule has 0 saturated heterocycles. The minimum absolute atomic E-state index is 0.0541. The number of halogens is 3. The Morgan fingerprint density at radius 3 is 2.40 bits per heavy atom. The van der Waals surface area contributed by atoms with E-state index < -0.39 is 33.7 Å². The Hall–Kier alpha value is -2.21. The molecule has 0 aliphatic heterocycles. The molecule has 0 spiro atoms. The van der Waals surface area contributed by atoms with Gasteiger partial charge in [-0.05, 0) is 0 Å². The molecule has 0 N–H and O–H groups in total.